The number of hydrogen-bond acceptors (Lipinski definition) is 4. The Morgan fingerprint density at radius 2 is 1.61 bits per heavy atom. The van der Waals surface area contributed by atoms with Crippen molar-refractivity contribution in [3.05, 3.63) is 76.3 Å². The Balaban J connectivity index is 1.55. The highest BCUT2D eigenvalue weighted by Crippen LogP contribution is 2.25. The van der Waals surface area contributed by atoms with Gasteiger partial charge >= 0.3 is 0 Å². The minimum absolute atomic E-state index is 0.0125. The average Bonchev–Trinajstić information content (AvgIpc) is 2.69. The van der Waals surface area contributed by atoms with Gasteiger partial charge in [-0.15, -0.1) is 10.2 Å². The molecule has 0 saturated carbocycles. The maximum Gasteiger partial charge on any atom is 0.230 e. The number of rotatable bonds is 6. The van der Waals surface area contributed by atoms with Gasteiger partial charge in [-0.05, 0) is 68.1 Å². The Kier molecular flexibility index (Phi) is 6.47. The zero-order valence-corrected chi connectivity index (χ0v) is 17.6. The molecule has 0 unspecified atom stereocenters. The summed E-state index contributed by atoms with van der Waals surface area (Å²) >= 11 is 1.39. The molecule has 0 saturated heterocycles. The molecule has 4 nitrogen and oxygen atoms in total. The number of benzene rings is 2. The number of aromatic nitrogens is 2. The monoisotopic (exact) mass is 391 g/mol. The molecule has 1 aromatic heterocycles. The molecule has 0 radical (unpaired) electrons. The van der Waals surface area contributed by atoms with Gasteiger partial charge in [-0.2, -0.15) is 0 Å². The molecule has 5 heteroatoms. The topological polar surface area (TPSA) is 54.9 Å². The van der Waals surface area contributed by atoms with Crippen LogP contribution in [0.5, 0.6) is 0 Å². The fourth-order valence-corrected chi connectivity index (χ4v) is 3.52. The summed E-state index contributed by atoms with van der Waals surface area (Å²) in [7, 11) is 0. The number of nitrogens with zero attached hydrogens (tertiary/aromatic N) is 2. The van der Waals surface area contributed by atoms with E-state index in [9.17, 15) is 4.79 Å². The van der Waals surface area contributed by atoms with E-state index in [2.05, 4.69) is 48.4 Å². The predicted molar refractivity (Wildman–Crippen MR) is 115 cm³/mol. The van der Waals surface area contributed by atoms with Gasteiger partial charge in [0.2, 0.25) is 5.91 Å². The third-order valence-electron chi connectivity index (χ3n) is 4.72. The number of carbonyl (C=O) groups excluding carboxylic acids is 1. The lowest BCUT2D eigenvalue weighted by Crippen LogP contribution is -2.24. The number of aryl methyl sites for hydroxylation is 4. The van der Waals surface area contributed by atoms with Crippen LogP contribution in [0.4, 0.5) is 0 Å². The largest absolute Gasteiger partial charge is 0.351 e. The number of nitrogens with one attached hydrogen (secondary N) is 1. The summed E-state index contributed by atoms with van der Waals surface area (Å²) in [5, 5.41) is 12.3. The third kappa shape index (κ3) is 5.20. The van der Waals surface area contributed by atoms with Gasteiger partial charge in [-0.3, -0.25) is 4.79 Å². The molecule has 0 aliphatic rings. The molecule has 0 atom stereocenters. The van der Waals surface area contributed by atoms with E-state index in [0.29, 0.717) is 12.3 Å². The van der Waals surface area contributed by atoms with E-state index in [-0.39, 0.29) is 5.91 Å². The molecule has 0 aliphatic carbocycles. The van der Waals surface area contributed by atoms with Crippen LogP contribution < -0.4 is 5.32 Å². The number of carbonyl (C=O) groups is 1. The van der Waals surface area contributed by atoms with E-state index in [1.165, 1.54) is 34.0 Å². The Hall–Kier alpha value is -2.66. The van der Waals surface area contributed by atoms with Gasteiger partial charge in [0, 0.05) is 12.1 Å². The Labute approximate surface area is 170 Å². The van der Waals surface area contributed by atoms with Crippen LogP contribution in [0.3, 0.4) is 0 Å². The minimum atomic E-state index is -0.0125. The summed E-state index contributed by atoms with van der Waals surface area (Å²) in [5.74, 6) is 0.309. The summed E-state index contributed by atoms with van der Waals surface area (Å²) < 4.78 is 0. The summed E-state index contributed by atoms with van der Waals surface area (Å²) in [6, 6.07) is 16.4. The van der Waals surface area contributed by atoms with Crippen molar-refractivity contribution < 1.29 is 4.79 Å². The van der Waals surface area contributed by atoms with E-state index in [1.807, 2.05) is 43.3 Å². The summed E-state index contributed by atoms with van der Waals surface area (Å²) in [5.41, 5.74) is 7.97. The molecule has 1 amide bonds. The average molecular weight is 392 g/mol. The number of hydrogen-bond donors (Lipinski definition) is 1. The Bertz CT molecular complexity index is 966. The van der Waals surface area contributed by atoms with Crippen molar-refractivity contribution in [2.45, 2.75) is 39.3 Å². The first-order valence-electron chi connectivity index (χ1n) is 9.29. The molecule has 0 bridgehead atoms. The van der Waals surface area contributed by atoms with Crippen LogP contribution in [-0.4, -0.2) is 21.9 Å². The van der Waals surface area contributed by atoms with E-state index in [0.717, 1.165) is 21.8 Å². The lowest BCUT2D eigenvalue weighted by atomic mass is 9.99. The molecule has 28 heavy (non-hydrogen) atoms. The van der Waals surface area contributed by atoms with Crippen LogP contribution >= 0.6 is 11.8 Å². The van der Waals surface area contributed by atoms with Crippen molar-refractivity contribution in [1.82, 2.24) is 15.5 Å². The van der Waals surface area contributed by atoms with Crippen LogP contribution in [0.1, 0.15) is 27.8 Å². The molecular weight excluding hydrogens is 366 g/mol. The highest BCUT2D eigenvalue weighted by atomic mass is 32.2. The van der Waals surface area contributed by atoms with Gasteiger partial charge in [0.25, 0.3) is 0 Å². The molecule has 3 rings (SSSR count). The molecule has 0 aliphatic heterocycles. The molecule has 0 spiro atoms. The normalized spacial score (nSPS) is 10.7. The smallest absolute Gasteiger partial charge is 0.230 e. The van der Waals surface area contributed by atoms with E-state index >= 15 is 0 Å². The zero-order valence-electron chi connectivity index (χ0n) is 16.7. The summed E-state index contributed by atoms with van der Waals surface area (Å²) in [6.45, 7) is 8.89. The minimum Gasteiger partial charge on any atom is -0.351 e. The second-order valence-electron chi connectivity index (χ2n) is 7.06. The second kappa shape index (κ2) is 9.02. The van der Waals surface area contributed by atoms with Gasteiger partial charge in [0.05, 0.1) is 11.4 Å². The van der Waals surface area contributed by atoms with Crippen LogP contribution in [0, 0.1) is 27.7 Å². The number of amides is 1. The van der Waals surface area contributed by atoms with Gasteiger partial charge in [0.1, 0.15) is 5.03 Å². The lowest BCUT2D eigenvalue weighted by Gasteiger charge is -2.09. The molecule has 3 aromatic rings. The Morgan fingerprint density at radius 1 is 0.893 bits per heavy atom. The molecule has 1 N–H and O–H groups in total. The quantitative estimate of drug-likeness (QED) is 0.614. The van der Waals surface area contributed by atoms with E-state index < -0.39 is 0 Å². The Morgan fingerprint density at radius 3 is 2.29 bits per heavy atom. The van der Waals surface area contributed by atoms with Crippen molar-refractivity contribution in [3.63, 3.8) is 0 Å². The van der Waals surface area contributed by atoms with Crippen LogP contribution in [0.15, 0.2) is 53.6 Å². The maximum absolute atomic E-state index is 12.1. The highest BCUT2D eigenvalue weighted by molar-refractivity contribution is 7.99. The second-order valence-corrected chi connectivity index (χ2v) is 8.05. The van der Waals surface area contributed by atoms with Crippen LogP contribution in [0.25, 0.3) is 11.3 Å². The van der Waals surface area contributed by atoms with Crippen molar-refractivity contribution in [2.24, 2.45) is 0 Å². The maximum atomic E-state index is 12.1. The number of thioether (sulfide) groups is 1. The predicted octanol–water partition coefficient (Wildman–Crippen LogP) is 4.79. The van der Waals surface area contributed by atoms with Crippen molar-refractivity contribution in [2.75, 3.05) is 5.75 Å². The van der Waals surface area contributed by atoms with Gasteiger partial charge < -0.3 is 5.32 Å². The standard InChI is InChI=1S/C23H25N3OS/c1-15-5-7-19(8-6-15)13-24-22(27)14-28-23-10-9-21(25-26-23)20-12-17(3)16(2)11-18(20)4/h5-12H,13-14H2,1-4H3,(H,24,27). The van der Waals surface area contributed by atoms with Gasteiger partial charge in [-0.1, -0.05) is 47.7 Å². The molecule has 144 valence electrons. The zero-order chi connectivity index (χ0) is 20.1. The van der Waals surface area contributed by atoms with Crippen LogP contribution in [-0.2, 0) is 11.3 Å². The van der Waals surface area contributed by atoms with Crippen molar-refractivity contribution in [1.29, 1.82) is 0 Å². The third-order valence-corrected chi connectivity index (χ3v) is 5.64. The van der Waals surface area contributed by atoms with Crippen LogP contribution in [0.2, 0.25) is 0 Å². The molecule has 2 aromatic carbocycles. The summed E-state index contributed by atoms with van der Waals surface area (Å²) in [6.07, 6.45) is 0. The van der Waals surface area contributed by atoms with Crippen molar-refractivity contribution in [3.8, 4) is 11.3 Å². The van der Waals surface area contributed by atoms with E-state index in [1.54, 1.807) is 0 Å². The fourth-order valence-electron chi connectivity index (χ4n) is 2.87. The van der Waals surface area contributed by atoms with Crippen molar-refractivity contribution >= 4 is 17.7 Å². The highest BCUT2D eigenvalue weighted by Gasteiger charge is 2.08. The summed E-state index contributed by atoms with van der Waals surface area (Å²) in [4.78, 5) is 12.1. The molecular formula is C23H25N3OS. The first kappa shape index (κ1) is 20.1. The molecule has 0 fully saturated rings. The fraction of sp³-hybridized carbons (Fsp3) is 0.261. The first-order chi connectivity index (χ1) is 13.4. The lowest BCUT2D eigenvalue weighted by molar-refractivity contribution is -0.118. The van der Waals surface area contributed by atoms with Gasteiger partial charge in [-0.25, -0.2) is 0 Å². The van der Waals surface area contributed by atoms with E-state index in [4.69, 9.17) is 0 Å². The molecule has 1 heterocycles. The SMILES string of the molecule is Cc1ccc(CNC(=O)CSc2ccc(-c3cc(C)c(C)cc3C)nn2)cc1. The first-order valence-corrected chi connectivity index (χ1v) is 10.3. The van der Waals surface area contributed by atoms with Gasteiger partial charge in [0.15, 0.2) is 0 Å².